The Morgan fingerprint density at radius 3 is 2.30 bits per heavy atom. The molecule has 20 heavy (non-hydrogen) atoms. The summed E-state index contributed by atoms with van der Waals surface area (Å²) in [4.78, 5) is 2.10. The zero-order valence-electron chi connectivity index (χ0n) is 10.9. The second-order valence-corrected chi connectivity index (χ2v) is 4.94. The summed E-state index contributed by atoms with van der Waals surface area (Å²) in [5.74, 6) is -0.635. The van der Waals surface area contributed by atoms with E-state index < -0.39 is 0 Å². The number of rotatable bonds is 4. The number of hydrogen-bond acceptors (Lipinski definition) is 2. The summed E-state index contributed by atoms with van der Waals surface area (Å²) in [6.07, 6.45) is 0. The van der Waals surface area contributed by atoms with E-state index in [1.807, 2.05) is 11.9 Å². The van der Waals surface area contributed by atoms with Gasteiger partial charge in [0.15, 0.2) is 0 Å². The van der Waals surface area contributed by atoms with Crippen LogP contribution < -0.4 is 10.6 Å². The van der Waals surface area contributed by atoms with Crippen molar-refractivity contribution in [2.75, 3.05) is 11.9 Å². The molecular formula is C15H14F2N2S. The molecule has 104 valence electrons. The van der Waals surface area contributed by atoms with Gasteiger partial charge in [0.2, 0.25) is 0 Å². The van der Waals surface area contributed by atoms with Gasteiger partial charge < -0.3 is 10.6 Å². The fourth-order valence-corrected chi connectivity index (χ4v) is 2.17. The topological polar surface area (TPSA) is 29.3 Å². The van der Waals surface area contributed by atoms with Crippen LogP contribution in [-0.4, -0.2) is 12.0 Å². The first-order valence-corrected chi connectivity index (χ1v) is 6.43. The van der Waals surface area contributed by atoms with Crippen LogP contribution in [0.3, 0.4) is 0 Å². The van der Waals surface area contributed by atoms with Gasteiger partial charge in [0, 0.05) is 24.8 Å². The van der Waals surface area contributed by atoms with E-state index in [2.05, 4.69) is 0 Å². The molecule has 0 saturated carbocycles. The van der Waals surface area contributed by atoms with E-state index in [1.165, 1.54) is 24.3 Å². The van der Waals surface area contributed by atoms with Crippen LogP contribution in [-0.2, 0) is 6.54 Å². The van der Waals surface area contributed by atoms with Crippen LogP contribution in [0, 0.1) is 11.6 Å². The highest BCUT2D eigenvalue weighted by atomic mass is 32.1. The molecule has 0 unspecified atom stereocenters. The lowest BCUT2D eigenvalue weighted by atomic mass is 10.1. The molecule has 2 aromatic carbocycles. The van der Waals surface area contributed by atoms with Crippen LogP contribution in [0.15, 0.2) is 42.5 Å². The summed E-state index contributed by atoms with van der Waals surface area (Å²) < 4.78 is 26.3. The average Bonchev–Trinajstić information content (AvgIpc) is 2.39. The van der Waals surface area contributed by atoms with Gasteiger partial charge >= 0.3 is 0 Å². The van der Waals surface area contributed by atoms with Crippen molar-refractivity contribution in [1.82, 2.24) is 0 Å². The largest absolute Gasteiger partial charge is 0.389 e. The molecule has 0 aliphatic rings. The third kappa shape index (κ3) is 3.30. The van der Waals surface area contributed by atoms with Crippen molar-refractivity contribution in [3.8, 4) is 0 Å². The molecule has 0 atom stereocenters. The van der Waals surface area contributed by atoms with E-state index in [0.717, 1.165) is 5.69 Å². The summed E-state index contributed by atoms with van der Waals surface area (Å²) in [7, 11) is 1.83. The summed E-state index contributed by atoms with van der Waals surface area (Å²) in [5.41, 5.74) is 7.81. The second-order valence-electron chi connectivity index (χ2n) is 4.50. The summed E-state index contributed by atoms with van der Waals surface area (Å²) in [5, 5.41) is 0. The van der Waals surface area contributed by atoms with Crippen LogP contribution in [0.25, 0.3) is 0 Å². The van der Waals surface area contributed by atoms with Crippen molar-refractivity contribution < 1.29 is 8.78 Å². The molecule has 2 aromatic rings. The number of nitrogens with zero attached hydrogens (tertiary/aromatic N) is 1. The third-order valence-electron chi connectivity index (χ3n) is 3.01. The molecule has 0 saturated heterocycles. The minimum absolute atomic E-state index is 0.229. The van der Waals surface area contributed by atoms with Crippen molar-refractivity contribution in [3.05, 3.63) is 65.2 Å². The molecule has 0 aliphatic heterocycles. The first kappa shape index (κ1) is 14.4. The Kier molecular flexibility index (Phi) is 4.29. The zero-order chi connectivity index (χ0) is 14.7. The van der Waals surface area contributed by atoms with Crippen molar-refractivity contribution >= 4 is 22.9 Å². The second kappa shape index (κ2) is 5.96. The van der Waals surface area contributed by atoms with Gasteiger partial charge in [-0.2, -0.15) is 0 Å². The highest BCUT2D eigenvalue weighted by Gasteiger charge is 2.10. The van der Waals surface area contributed by atoms with E-state index in [-0.39, 0.29) is 16.6 Å². The van der Waals surface area contributed by atoms with Gasteiger partial charge in [-0.05, 0) is 48.0 Å². The maximum atomic E-state index is 13.4. The van der Waals surface area contributed by atoms with Crippen molar-refractivity contribution in [3.63, 3.8) is 0 Å². The van der Waals surface area contributed by atoms with Gasteiger partial charge in [-0.15, -0.1) is 0 Å². The van der Waals surface area contributed by atoms with Gasteiger partial charge in [0.25, 0.3) is 0 Å². The van der Waals surface area contributed by atoms with Crippen LogP contribution >= 0.6 is 12.2 Å². The maximum absolute atomic E-state index is 13.4. The lowest BCUT2D eigenvalue weighted by Gasteiger charge is -2.21. The Labute approximate surface area is 121 Å². The molecule has 0 spiro atoms. The van der Waals surface area contributed by atoms with E-state index >= 15 is 0 Å². The number of halogens is 2. The van der Waals surface area contributed by atoms with E-state index in [0.29, 0.717) is 17.7 Å². The smallest absolute Gasteiger partial charge is 0.123 e. The Morgan fingerprint density at radius 2 is 1.70 bits per heavy atom. The highest BCUT2D eigenvalue weighted by molar-refractivity contribution is 7.80. The van der Waals surface area contributed by atoms with Crippen LogP contribution in [0.4, 0.5) is 14.5 Å². The lowest BCUT2D eigenvalue weighted by molar-refractivity contribution is 0.624. The number of thiocarbonyl (C=S) groups is 1. The Bertz CT molecular complexity index is 626. The molecule has 2 N–H and O–H groups in total. The number of benzene rings is 2. The monoisotopic (exact) mass is 292 g/mol. The number of hydrogen-bond donors (Lipinski definition) is 1. The molecule has 0 aliphatic carbocycles. The van der Waals surface area contributed by atoms with E-state index in [1.54, 1.807) is 18.2 Å². The minimum atomic E-state index is -0.340. The van der Waals surface area contributed by atoms with Gasteiger partial charge in [-0.25, -0.2) is 8.78 Å². The van der Waals surface area contributed by atoms with E-state index in [9.17, 15) is 8.78 Å². The fraction of sp³-hybridized carbons (Fsp3) is 0.133. The molecule has 0 aromatic heterocycles. The lowest BCUT2D eigenvalue weighted by Crippen LogP contribution is -2.20. The van der Waals surface area contributed by atoms with Crippen molar-refractivity contribution in [2.24, 2.45) is 5.73 Å². The van der Waals surface area contributed by atoms with Crippen LogP contribution in [0.1, 0.15) is 11.1 Å². The standard InChI is InChI=1S/C15H14F2N2S/c1-19(13-5-2-11(16)3-6-13)9-10-8-12(17)4-7-14(10)15(18)20/h2-8H,9H2,1H3,(H2,18,20). The molecule has 2 rings (SSSR count). The molecule has 5 heteroatoms. The predicted octanol–water partition coefficient (Wildman–Crippen LogP) is 3.24. The molecule has 0 heterocycles. The first-order valence-electron chi connectivity index (χ1n) is 6.02. The minimum Gasteiger partial charge on any atom is -0.389 e. The summed E-state index contributed by atoms with van der Waals surface area (Å²) in [6.45, 7) is 0.427. The van der Waals surface area contributed by atoms with Crippen LogP contribution in [0.5, 0.6) is 0 Å². The zero-order valence-corrected chi connectivity index (χ0v) is 11.8. The van der Waals surface area contributed by atoms with Crippen molar-refractivity contribution in [2.45, 2.75) is 6.54 Å². The van der Waals surface area contributed by atoms with Gasteiger partial charge in [0.1, 0.15) is 16.6 Å². The normalized spacial score (nSPS) is 10.3. The fourth-order valence-electron chi connectivity index (χ4n) is 1.98. The van der Waals surface area contributed by atoms with Crippen molar-refractivity contribution in [1.29, 1.82) is 0 Å². The quantitative estimate of drug-likeness (QED) is 0.877. The predicted molar refractivity (Wildman–Crippen MR) is 80.8 cm³/mol. The Morgan fingerprint density at radius 1 is 1.10 bits per heavy atom. The number of anilines is 1. The summed E-state index contributed by atoms with van der Waals surface area (Å²) in [6, 6.07) is 10.4. The first-order chi connectivity index (χ1) is 9.47. The van der Waals surface area contributed by atoms with Gasteiger partial charge in [-0.3, -0.25) is 0 Å². The molecule has 0 bridgehead atoms. The highest BCUT2D eigenvalue weighted by Crippen LogP contribution is 2.19. The number of nitrogens with two attached hydrogens (primary N) is 1. The van der Waals surface area contributed by atoms with Crippen LogP contribution in [0.2, 0.25) is 0 Å². The Balaban J connectivity index is 2.27. The molecule has 0 radical (unpaired) electrons. The molecular weight excluding hydrogens is 278 g/mol. The Hall–Kier alpha value is -2.01. The van der Waals surface area contributed by atoms with E-state index in [4.69, 9.17) is 18.0 Å². The molecule has 2 nitrogen and oxygen atoms in total. The maximum Gasteiger partial charge on any atom is 0.123 e. The molecule has 0 amide bonds. The average molecular weight is 292 g/mol. The van der Waals surface area contributed by atoms with Gasteiger partial charge in [0.05, 0.1) is 0 Å². The summed E-state index contributed by atoms with van der Waals surface area (Å²) >= 11 is 4.97. The SMILES string of the molecule is CN(Cc1cc(F)ccc1C(N)=S)c1ccc(F)cc1. The molecule has 0 fully saturated rings. The van der Waals surface area contributed by atoms with Gasteiger partial charge in [-0.1, -0.05) is 12.2 Å². The third-order valence-corrected chi connectivity index (χ3v) is 3.23.